The number of rotatable bonds is 12. The number of nitrogens with one attached hydrogen (secondary N) is 1. The first kappa shape index (κ1) is 32.4. The van der Waals surface area contributed by atoms with E-state index in [1.54, 1.807) is 60.1 Å². The molecule has 12 heteroatoms. The number of ketones is 4. The topological polar surface area (TPSA) is 161 Å². The first-order valence-electron chi connectivity index (χ1n) is 14.5. The Morgan fingerprint density at radius 1 is 0.829 bits per heavy atom. The number of nitrogens with zero attached hydrogens (tertiary/aromatic N) is 5. The van der Waals surface area contributed by atoms with Crippen LogP contribution >= 0.6 is 0 Å². The Balaban J connectivity index is 2.13. The van der Waals surface area contributed by atoms with E-state index in [4.69, 9.17) is 4.74 Å². The minimum atomic E-state index is -1.04. The van der Waals surface area contributed by atoms with Gasteiger partial charge in [-0.1, -0.05) is 65.8 Å². The third kappa shape index (κ3) is 6.53. The summed E-state index contributed by atoms with van der Waals surface area (Å²) in [5, 5.41) is 26.9. The first-order valence-corrected chi connectivity index (χ1v) is 14.5. The van der Waals surface area contributed by atoms with E-state index in [0.717, 1.165) is 0 Å². The number of carbonyl (C=O) groups is 4. The highest BCUT2D eigenvalue weighted by Gasteiger charge is 2.48. The maximum Gasteiger partial charge on any atom is 0.295 e. The van der Waals surface area contributed by atoms with Crippen molar-refractivity contribution in [3.05, 3.63) is 22.8 Å². The van der Waals surface area contributed by atoms with Crippen molar-refractivity contribution in [3.63, 3.8) is 0 Å². The SMILES string of the molecule is CC(C)OC1CC(n2nnc(C(=O)C(C)C)c2C(=O)C(C)C)C(O)CC1[n+]1[nH]nc(C(=O)C(C)C)c1C(=O)C(C)C. The molecule has 0 bridgehead atoms. The maximum atomic E-state index is 13.4. The zero-order valence-electron chi connectivity index (χ0n) is 25.8. The molecule has 1 aliphatic carbocycles. The molecule has 2 aromatic heterocycles. The molecule has 12 nitrogen and oxygen atoms in total. The number of hydrogen-bond acceptors (Lipinski definition) is 9. The molecule has 2 N–H and O–H groups in total. The molecule has 2 heterocycles. The number of Topliss-reactive ketones (excluding diaryl/α,β-unsaturated/α-hetero) is 4. The van der Waals surface area contributed by atoms with Crippen molar-refractivity contribution < 1.29 is 33.7 Å². The minimum Gasteiger partial charge on any atom is -0.391 e. The fourth-order valence-electron chi connectivity index (χ4n) is 5.12. The molecule has 0 aliphatic heterocycles. The number of aliphatic hydroxyl groups is 1. The summed E-state index contributed by atoms with van der Waals surface area (Å²) in [5.74, 6) is -2.70. The summed E-state index contributed by atoms with van der Waals surface area (Å²) in [6.07, 6.45) is -1.52. The van der Waals surface area contributed by atoms with E-state index < -0.39 is 42.0 Å². The fourth-order valence-corrected chi connectivity index (χ4v) is 5.12. The summed E-state index contributed by atoms with van der Waals surface area (Å²) in [7, 11) is 0. The predicted octanol–water partition coefficient (Wildman–Crippen LogP) is 3.37. The van der Waals surface area contributed by atoms with Crippen LogP contribution in [0.3, 0.4) is 0 Å². The van der Waals surface area contributed by atoms with Crippen LogP contribution in [0.1, 0.15) is 136 Å². The van der Waals surface area contributed by atoms with Crippen LogP contribution < -0.4 is 4.68 Å². The van der Waals surface area contributed by atoms with Gasteiger partial charge in [-0.25, -0.2) is 4.68 Å². The lowest BCUT2D eigenvalue weighted by Gasteiger charge is -2.38. The molecule has 0 radical (unpaired) electrons. The summed E-state index contributed by atoms with van der Waals surface area (Å²) >= 11 is 0. The third-order valence-corrected chi connectivity index (χ3v) is 7.38. The molecule has 0 amide bonds. The van der Waals surface area contributed by atoms with Gasteiger partial charge in [0.15, 0.2) is 23.3 Å². The highest BCUT2D eigenvalue weighted by molar-refractivity contribution is 6.08. The van der Waals surface area contributed by atoms with Gasteiger partial charge < -0.3 is 9.84 Å². The van der Waals surface area contributed by atoms with Crippen LogP contribution in [0, 0.1) is 23.7 Å². The third-order valence-electron chi connectivity index (χ3n) is 7.38. The predicted molar refractivity (Wildman–Crippen MR) is 149 cm³/mol. The van der Waals surface area contributed by atoms with Gasteiger partial charge >= 0.3 is 0 Å². The van der Waals surface area contributed by atoms with E-state index in [0.29, 0.717) is 0 Å². The number of aromatic amines is 1. The molecule has 1 aliphatic rings. The van der Waals surface area contributed by atoms with Crippen molar-refractivity contribution in [2.24, 2.45) is 23.7 Å². The highest BCUT2D eigenvalue weighted by Crippen LogP contribution is 2.37. The fraction of sp³-hybridized carbons (Fsp3) is 0.724. The molecule has 0 aromatic carbocycles. The van der Waals surface area contributed by atoms with Gasteiger partial charge in [0, 0.05) is 41.6 Å². The molecule has 2 aromatic rings. The van der Waals surface area contributed by atoms with Gasteiger partial charge in [-0.15, -0.1) is 9.78 Å². The van der Waals surface area contributed by atoms with Crippen molar-refractivity contribution in [2.75, 3.05) is 0 Å². The molecule has 4 unspecified atom stereocenters. The Kier molecular flexibility index (Phi) is 10.1. The minimum absolute atomic E-state index is 0.000972. The van der Waals surface area contributed by atoms with Crippen LogP contribution in [-0.2, 0) is 4.74 Å². The van der Waals surface area contributed by atoms with Crippen LogP contribution in [0.2, 0.25) is 0 Å². The second kappa shape index (κ2) is 12.8. The average molecular weight is 574 g/mol. The van der Waals surface area contributed by atoms with E-state index >= 15 is 0 Å². The molecule has 4 atom stereocenters. The van der Waals surface area contributed by atoms with E-state index in [2.05, 4.69) is 20.6 Å². The molecule has 0 saturated heterocycles. The summed E-state index contributed by atoms with van der Waals surface area (Å²) in [5.41, 5.74) is 0.308. The number of ether oxygens (including phenoxy) is 1. The highest BCUT2D eigenvalue weighted by atomic mass is 16.5. The Labute approximate surface area is 241 Å². The van der Waals surface area contributed by atoms with Crippen LogP contribution in [-0.4, -0.2) is 71.9 Å². The van der Waals surface area contributed by atoms with Crippen LogP contribution in [0.25, 0.3) is 0 Å². The second-order valence-corrected chi connectivity index (χ2v) is 12.5. The number of hydrogen-bond donors (Lipinski definition) is 2. The Hall–Kier alpha value is -3.12. The molecule has 0 spiro atoms. The van der Waals surface area contributed by atoms with Gasteiger partial charge in [0.25, 0.3) is 5.69 Å². The van der Waals surface area contributed by atoms with Crippen molar-refractivity contribution in [1.29, 1.82) is 0 Å². The Morgan fingerprint density at radius 2 is 1.37 bits per heavy atom. The number of H-pyrrole nitrogens is 1. The monoisotopic (exact) mass is 573 g/mol. The van der Waals surface area contributed by atoms with Crippen LogP contribution in [0.5, 0.6) is 0 Å². The lowest BCUT2D eigenvalue weighted by atomic mass is 9.85. The molecular formula is C29H45N6O6+. The molecule has 3 rings (SSSR count). The van der Waals surface area contributed by atoms with Crippen molar-refractivity contribution >= 4 is 23.1 Å². The molecule has 1 fully saturated rings. The van der Waals surface area contributed by atoms with E-state index in [1.807, 2.05) is 13.8 Å². The zero-order chi connectivity index (χ0) is 30.9. The second-order valence-electron chi connectivity index (χ2n) is 12.5. The van der Waals surface area contributed by atoms with Crippen molar-refractivity contribution in [3.8, 4) is 0 Å². The summed E-state index contributed by atoms with van der Waals surface area (Å²) in [6, 6.07) is -1.30. The summed E-state index contributed by atoms with van der Waals surface area (Å²) in [6.45, 7) is 17.7. The smallest absolute Gasteiger partial charge is 0.295 e. The van der Waals surface area contributed by atoms with E-state index in [9.17, 15) is 24.3 Å². The van der Waals surface area contributed by atoms with Gasteiger partial charge in [-0.05, 0) is 13.8 Å². The van der Waals surface area contributed by atoms with Gasteiger partial charge in [0.1, 0.15) is 11.8 Å². The first-order chi connectivity index (χ1) is 19.1. The van der Waals surface area contributed by atoms with Crippen LogP contribution in [0.15, 0.2) is 0 Å². The van der Waals surface area contributed by atoms with Gasteiger partial charge in [-0.2, -0.15) is 0 Å². The number of aliphatic hydroxyl groups excluding tert-OH is 1. The Morgan fingerprint density at radius 3 is 1.88 bits per heavy atom. The summed E-state index contributed by atoms with van der Waals surface area (Å²) in [4.78, 5) is 52.7. The molecule has 226 valence electrons. The normalized spacial score (nSPS) is 21.5. The van der Waals surface area contributed by atoms with Gasteiger partial charge in [0.05, 0.1) is 18.2 Å². The molecule has 1 saturated carbocycles. The van der Waals surface area contributed by atoms with Crippen molar-refractivity contribution in [1.82, 2.24) is 25.3 Å². The van der Waals surface area contributed by atoms with Crippen molar-refractivity contribution in [2.45, 2.75) is 112 Å². The maximum absolute atomic E-state index is 13.4. The quantitative estimate of drug-likeness (QED) is 0.286. The van der Waals surface area contributed by atoms with E-state index in [-0.39, 0.29) is 70.8 Å². The Bertz CT molecular complexity index is 1290. The van der Waals surface area contributed by atoms with Gasteiger partial charge in [0.2, 0.25) is 17.3 Å². The standard InChI is InChI=1S/C29H44N6O6/c1-13(2)26(37)22-24(28(39)15(5)6)34(32-30-22)18-12-21(41-17(9)10)19(11-20(18)36)35-25(29(40)16(7)8)23(31-33-35)27(38)14(3)4/h13-21,36H,11-12H2,1-10H3/p+1. The lowest BCUT2D eigenvalue weighted by molar-refractivity contribution is -0.788. The largest absolute Gasteiger partial charge is 0.391 e. The van der Waals surface area contributed by atoms with Crippen LogP contribution in [0.4, 0.5) is 0 Å². The number of aromatic nitrogens is 6. The zero-order valence-corrected chi connectivity index (χ0v) is 25.8. The average Bonchev–Trinajstić information content (AvgIpc) is 3.51. The molecular weight excluding hydrogens is 528 g/mol. The van der Waals surface area contributed by atoms with Gasteiger partial charge in [-0.3, -0.25) is 19.2 Å². The van der Waals surface area contributed by atoms with E-state index in [1.165, 1.54) is 4.68 Å². The lowest BCUT2D eigenvalue weighted by Crippen LogP contribution is -2.57. The number of carbonyl (C=O) groups excluding carboxylic acids is 4. The molecule has 41 heavy (non-hydrogen) atoms. The summed E-state index contributed by atoms with van der Waals surface area (Å²) < 4.78 is 9.25.